The molecule has 1 rings (SSSR count). The summed E-state index contributed by atoms with van der Waals surface area (Å²) in [6.07, 6.45) is 1.19. The van der Waals surface area contributed by atoms with Crippen LogP contribution in [0.3, 0.4) is 0 Å². The largest absolute Gasteiger partial charge is 0.381 e. The molecule has 0 spiro atoms. The molecule has 1 atom stereocenters. The molecular formula is C6H10Br2O. The Morgan fingerprint density at radius 3 is 2.56 bits per heavy atom. The minimum Gasteiger partial charge on any atom is -0.381 e. The topological polar surface area (TPSA) is 9.23 Å². The van der Waals surface area contributed by atoms with E-state index < -0.39 is 0 Å². The molecular weight excluding hydrogens is 248 g/mol. The fourth-order valence-corrected chi connectivity index (χ4v) is 1.76. The summed E-state index contributed by atoms with van der Waals surface area (Å²) in [6, 6.07) is 0. The minimum atomic E-state index is 0.217. The number of halogens is 2. The molecule has 1 aliphatic carbocycles. The molecule has 0 aromatic rings. The lowest BCUT2D eigenvalue weighted by atomic mass is 10.5. The lowest BCUT2D eigenvalue weighted by Crippen LogP contribution is -1.99. The number of rotatable bonds is 3. The smallest absolute Gasteiger partial charge is 0.0860 e. The molecule has 1 nitrogen and oxygen atoms in total. The molecule has 0 aromatic carbocycles. The van der Waals surface area contributed by atoms with Gasteiger partial charge < -0.3 is 4.74 Å². The van der Waals surface area contributed by atoms with Crippen LogP contribution in [0.5, 0.6) is 0 Å². The SMILES string of the molecule is CCOC[C@@H]1CC1(Br)Br. The molecule has 1 fully saturated rings. The van der Waals surface area contributed by atoms with Crippen LogP contribution in [0.1, 0.15) is 13.3 Å². The zero-order chi connectivity index (χ0) is 6.91. The number of ether oxygens (including phenoxy) is 1. The third-order valence-corrected chi connectivity index (χ3v) is 3.42. The van der Waals surface area contributed by atoms with Gasteiger partial charge in [-0.05, 0) is 13.3 Å². The fourth-order valence-electron chi connectivity index (χ4n) is 0.711. The zero-order valence-electron chi connectivity index (χ0n) is 5.36. The van der Waals surface area contributed by atoms with E-state index >= 15 is 0 Å². The zero-order valence-corrected chi connectivity index (χ0v) is 8.53. The average molecular weight is 258 g/mol. The summed E-state index contributed by atoms with van der Waals surface area (Å²) < 4.78 is 5.45. The predicted octanol–water partition coefficient (Wildman–Crippen LogP) is 2.53. The van der Waals surface area contributed by atoms with Gasteiger partial charge in [0, 0.05) is 12.5 Å². The van der Waals surface area contributed by atoms with Crippen LogP contribution in [0, 0.1) is 5.92 Å². The van der Waals surface area contributed by atoms with E-state index in [-0.39, 0.29) is 3.23 Å². The number of hydrogen-bond donors (Lipinski definition) is 0. The third kappa shape index (κ3) is 2.20. The van der Waals surface area contributed by atoms with Crippen molar-refractivity contribution in [3.63, 3.8) is 0 Å². The Morgan fingerprint density at radius 2 is 2.22 bits per heavy atom. The van der Waals surface area contributed by atoms with Crippen LogP contribution in [0.25, 0.3) is 0 Å². The lowest BCUT2D eigenvalue weighted by molar-refractivity contribution is 0.137. The van der Waals surface area contributed by atoms with E-state index in [4.69, 9.17) is 4.74 Å². The first-order valence-electron chi connectivity index (χ1n) is 3.12. The van der Waals surface area contributed by atoms with E-state index in [9.17, 15) is 0 Å². The van der Waals surface area contributed by atoms with Crippen molar-refractivity contribution >= 4 is 31.9 Å². The van der Waals surface area contributed by atoms with E-state index in [2.05, 4.69) is 31.9 Å². The third-order valence-electron chi connectivity index (χ3n) is 1.48. The molecule has 0 unspecified atom stereocenters. The van der Waals surface area contributed by atoms with Crippen molar-refractivity contribution in [3.8, 4) is 0 Å². The molecule has 0 aromatic heterocycles. The molecule has 0 N–H and O–H groups in total. The first-order chi connectivity index (χ1) is 4.17. The van der Waals surface area contributed by atoms with Gasteiger partial charge in [0.25, 0.3) is 0 Å². The second-order valence-electron chi connectivity index (χ2n) is 2.32. The fraction of sp³-hybridized carbons (Fsp3) is 1.00. The van der Waals surface area contributed by atoms with Gasteiger partial charge in [0.15, 0.2) is 0 Å². The summed E-state index contributed by atoms with van der Waals surface area (Å²) in [7, 11) is 0. The quantitative estimate of drug-likeness (QED) is 0.707. The highest BCUT2D eigenvalue weighted by atomic mass is 79.9. The van der Waals surface area contributed by atoms with E-state index in [0.29, 0.717) is 5.92 Å². The van der Waals surface area contributed by atoms with Gasteiger partial charge in [-0.1, -0.05) is 31.9 Å². The Labute approximate surface area is 72.4 Å². The maximum atomic E-state index is 5.23. The van der Waals surface area contributed by atoms with Crippen LogP contribution >= 0.6 is 31.9 Å². The van der Waals surface area contributed by atoms with Crippen LogP contribution in [0.4, 0.5) is 0 Å². The molecule has 1 saturated carbocycles. The standard InChI is InChI=1S/C6H10Br2O/c1-2-9-4-5-3-6(5,7)8/h5H,2-4H2,1H3/t5-/m0/s1. The molecule has 0 amide bonds. The highest BCUT2D eigenvalue weighted by Gasteiger charge is 2.50. The number of alkyl halides is 2. The van der Waals surface area contributed by atoms with E-state index in [0.717, 1.165) is 13.2 Å². The van der Waals surface area contributed by atoms with E-state index in [1.54, 1.807) is 0 Å². The first-order valence-corrected chi connectivity index (χ1v) is 4.71. The monoisotopic (exact) mass is 256 g/mol. The second kappa shape index (κ2) is 2.89. The normalized spacial score (nSPS) is 30.3. The molecule has 3 heteroatoms. The highest BCUT2D eigenvalue weighted by molar-refractivity contribution is 9.25. The summed E-state index contributed by atoms with van der Waals surface area (Å²) >= 11 is 7.04. The molecule has 0 aliphatic heterocycles. The molecule has 1 aliphatic rings. The Kier molecular flexibility index (Phi) is 2.57. The van der Waals surface area contributed by atoms with Crippen molar-refractivity contribution < 1.29 is 4.74 Å². The molecule has 54 valence electrons. The summed E-state index contributed by atoms with van der Waals surface area (Å²) in [6.45, 7) is 3.73. The van der Waals surface area contributed by atoms with Gasteiger partial charge in [0.05, 0.1) is 9.84 Å². The van der Waals surface area contributed by atoms with Gasteiger partial charge in [-0.25, -0.2) is 0 Å². The van der Waals surface area contributed by atoms with Gasteiger partial charge in [0.2, 0.25) is 0 Å². The molecule has 0 saturated heterocycles. The first kappa shape index (κ1) is 8.02. The number of hydrogen-bond acceptors (Lipinski definition) is 1. The van der Waals surface area contributed by atoms with Crippen LogP contribution < -0.4 is 0 Å². The Bertz CT molecular complexity index is 103. The summed E-state index contributed by atoms with van der Waals surface area (Å²) in [5.41, 5.74) is 0. The van der Waals surface area contributed by atoms with Crippen molar-refractivity contribution in [2.75, 3.05) is 13.2 Å². The van der Waals surface area contributed by atoms with Crippen LogP contribution in [0.2, 0.25) is 0 Å². The summed E-state index contributed by atoms with van der Waals surface area (Å²) in [5, 5.41) is 0. The minimum absolute atomic E-state index is 0.217. The molecule has 0 bridgehead atoms. The predicted molar refractivity (Wildman–Crippen MR) is 45.2 cm³/mol. The van der Waals surface area contributed by atoms with E-state index in [1.165, 1.54) is 6.42 Å². The maximum absolute atomic E-state index is 5.23. The molecule has 0 heterocycles. The van der Waals surface area contributed by atoms with Crippen molar-refractivity contribution in [2.24, 2.45) is 5.92 Å². The molecule has 9 heavy (non-hydrogen) atoms. The van der Waals surface area contributed by atoms with Crippen LogP contribution in [-0.2, 0) is 4.74 Å². The van der Waals surface area contributed by atoms with Crippen molar-refractivity contribution in [1.29, 1.82) is 0 Å². The maximum Gasteiger partial charge on any atom is 0.0860 e. The van der Waals surface area contributed by atoms with Crippen molar-refractivity contribution in [3.05, 3.63) is 0 Å². The molecule has 0 radical (unpaired) electrons. The second-order valence-corrected chi connectivity index (χ2v) is 6.22. The lowest BCUT2D eigenvalue weighted by Gasteiger charge is -1.99. The Morgan fingerprint density at radius 1 is 1.67 bits per heavy atom. The summed E-state index contributed by atoms with van der Waals surface area (Å²) in [4.78, 5) is 0. The van der Waals surface area contributed by atoms with Gasteiger partial charge in [0.1, 0.15) is 0 Å². The van der Waals surface area contributed by atoms with Crippen molar-refractivity contribution in [1.82, 2.24) is 0 Å². The van der Waals surface area contributed by atoms with Gasteiger partial charge in [-0.15, -0.1) is 0 Å². The van der Waals surface area contributed by atoms with Crippen LogP contribution in [-0.4, -0.2) is 16.4 Å². The van der Waals surface area contributed by atoms with Gasteiger partial charge >= 0.3 is 0 Å². The average Bonchev–Trinajstić information content (AvgIpc) is 2.35. The Hall–Kier alpha value is 0.920. The van der Waals surface area contributed by atoms with E-state index in [1.807, 2.05) is 6.92 Å². The van der Waals surface area contributed by atoms with Gasteiger partial charge in [-0.3, -0.25) is 0 Å². The summed E-state index contributed by atoms with van der Waals surface area (Å²) in [5.74, 6) is 0.678. The van der Waals surface area contributed by atoms with Crippen molar-refractivity contribution in [2.45, 2.75) is 16.6 Å². The highest BCUT2D eigenvalue weighted by Crippen LogP contribution is 2.56. The van der Waals surface area contributed by atoms with Crippen LogP contribution in [0.15, 0.2) is 0 Å². The Balaban J connectivity index is 2.06. The van der Waals surface area contributed by atoms with Gasteiger partial charge in [-0.2, -0.15) is 0 Å².